The van der Waals surface area contributed by atoms with Crippen molar-refractivity contribution in [1.29, 1.82) is 0 Å². The molecule has 2 rings (SSSR count). The minimum absolute atomic E-state index is 0.0535. The summed E-state index contributed by atoms with van der Waals surface area (Å²) in [7, 11) is 0. The fourth-order valence-corrected chi connectivity index (χ4v) is 1.97. The smallest absolute Gasteiger partial charge is 0.282 e. The number of amides is 1. The van der Waals surface area contributed by atoms with Crippen molar-refractivity contribution in [3.8, 4) is 0 Å². The molecule has 1 amide bonds. The Balaban J connectivity index is 2.30. The number of carbonyl (C=O) groups is 2. The van der Waals surface area contributed by atoms with E-state index in [1.165, 1.54) is 4.90 Å². The van der Waals surface area contributed by atoms with Crippen LogP contribution in [0.3, 0.4) is 0 Å². The minimum Gasteiger partial charge on any atom is -0.338 e. The van der Waals surface area contributed by atoms with Crippen molar-refractivity contribution in [2.24, 2.45) is 0 Å². The molecule has 19 heavy (non-hydrogen) atoms. The number of halogens is 1. The minimum atomic E-state index is -0.720. The van der Waals surface area contributed by atoms with Crippen molar-refractivity contribution >= 4 is 17.4 Å². The van der Waals surface area contributed by atoms with Crippen LogP contribution in [-0.4, -0.2) is 34.6 Å². The molecule has 0 radical (unpaired) electrons. The van der Waals surface area contributed by atoms with Gasteiger partial charge in [0.2, 0.25) is 0 Å². The van der Waals surface area contributed by atoms with Crippen LogP contribution in [0.15, 0.2) is 18.2 Å². The molecule has 0 atom stereocenters. The molecule has 1 saturated heterocycles. The lowest BCUT2D eigenvalue weighted by atomic mass is 10.1. The Labute approximate surface area is 108 Å². The van der Waals surface area contributed by atoms with E-state index in [9.17, 15) is 24.1 Å². The molecule has 100 valence electrons. The van der Waals surface area contributed by atoms with Gasteiger partial charge < -0.3 is 4.90 Å². The predicted octanol–water partition coefficient (Wildman–Crippen LogP) is 1.54. The van der Waals surface area contributed by atoms with Gasteiger partial charge in [-0.2, -0.15) is 0 Å². The number of Topliss-reactive ketones (excluding diaryl/α,β-unsaturated/α-hetero) is 1. The Bertz CT molecular complexity index is 549. The van der Waals surface area contributed by atoms with E-state index in [1.807, 2.05) is 0 Å². The molecule has 0 unspecified atom stereocenters. The van der Waals surface area contributed by atoms with Crippen LogP contribution in [0.25, 0.3) is 0 Å². The SMILES string of the molecule is O=C1CCN(C(=O)c2cc(F)ccc2[N+](=O)[O-])CC1. The van der Waals surface area contributed by atoms with Crippen LogP contribution in [0.4, 0.5) is 10.1 Å². The number of hydrogen-bond donors (Lipinski definition) is 0. The molecule has 0 saturated carbocycles. The van der Waals surface area contributed by atoms with Crippen molar-refractivity contribution in [1.82, 2.24) is 4.90 Å². The molecule has 1 aliphatic rings. The zero-order valence-corrected chi connectivity index (χ0v) is 9.97. The van der Waals surface area contributed by atoms with Crippen molar-refractivity contribution in [2.45, 2.75) is 12.8 Å². The molecule has 6 nitrogen and oxygen atoms in total. The van der Waals surface area contributed by atoms with Gasteiger partial charge in [0.1, 0.15) is 17.2 Å². The zero-order valence-electron chi connectivity index (χ0n) is 9.97. The van der Waals surface area contributed by atoms with E-state index in [4.69, 9.17) is 0 Å². The highest BCUT2D eigenvalue weighted by Crippen LogP contribution is 2.22. The van der Waals surface area contributed by atoms with Gasteiger partial charge in [0.05, 0.1) is 4.92 Å². The van der Waals surface area contributed by atoms with Gasteiger partial charge in [-0.25, -0.2) is 4.39 Å². The maximum absolute atomic E-state index is 13.2. The second-order valence-corrected chi connectivity index (χ2v) is 4.25. The van der Waals surface area contributed by atoms with E-state index in [0.717, 1.165) is 18.2 Å². The number of likely N-dealkylation sites (tertiary alicyclic amines) is 1. The standard InChI is InChI=1S/C12H11FN2O4/c13-8-1-2-11(15(18)19)10(7-8)12(17)14-5-3-9(16)4-6-14/h1-2,7H,3-6H2. The molecule has 0 aliphatic carbocycles. The summed E-state index contributed by atoms with van der Waals surface area (Å²) in [6, 6.07) is 2.77. The number of rotatable bonds is 2. The molecule has 0 N–H and O–H groups in total. The van der Waals surface area contributed by atoms with Crippen LogP contribution >= 0.6 is 0 Å². The van der Waals surface area contributed by atoms with Gasteiger partial charge >= 0.3 is 0 Å². The monoisotopic (exact) mass is 266 g/mol. The van der Waals surface area contributed by atoms with Gasteiger partial charge in [-0.05, 0) is 12.1 Å². The molecule has 7 heteroatoms. The van der Waals surface area contributed by atoms with Crippen molar-refractivity contribution in [2.75, 3.05) is 13.1 Å². The van der Waals surface area contributed by atoms with Crippen molar-refractivity contribution < 1.29 is 18.9 Å². The predicted molar refractivity (Wildman–Crippen MR) is 63.2 cm³/mol. The first-order valence-electron chi connectivity index (χ1n) is 5.74. The lowest BCUT2D eigenvalue weighted by Gasteiger charge is -2.25. The van der Waals surface area contributed by atoms with E-state index in [1.54, 1.807) is 0 Å². The van der Waals surface area contributed by atoms with Gasteiger partial charge in [-0.1, -0.05) is 0 Å². The Morgan fingerprint density at radius 3 is 2.53 bits per heavy atom. The van der Waals surface area contributed by atoms with Crippen LogP contribution < -0.4 is 0 Å². The largest absolute Gasteiger partial charge is 0.338 e. The molecule has 1 heterocycles. The first-order valence-corrected chi connectivity index (χ1v) is 5.74. The first kappa shape index (κ1) is 13.1. The number of hydrogen-bond acceptors (Lipinski definition) is 4. The molecule has 0 bridgehead atoms. The van der Waals surface area contributed by atoms with Gasteiger partial charge in [0.15, 0.2) is 0 Å². The Morgan fingerprint density at radius 1 is 1.32 bits per heavy atom. The summed E-state index contributed by atoms with van der Waals surface area (Å²) in [4.78, 5) is 34.7. The molecule has 1 aromatic rings. The van der Waals surface area contributed by atoms with Gasteiger partial charge in [0, 0.05) is 32.0 Å². The lowest BCUT2D eigenvalue weighted by Crippen LogP contribution is -2.38. The average molecular weight is 266 g/mol. The van der Waals surface area contributed by atoms with Gasteiger partial charge in [-0.15, -0.1) is 0 Å². The van der Waals surface area contributed by atoms with Crippen LogP contribution in [0.2, 0.25) is 0 Å². The maximum Gasteiger partial charge on any atom is 0.282 e. The average Bonchev–Trinajstić information content (AvgIpc) is 2.38. The molecule has 1 aromatic carbocycles. The summed E-state index contributed by atoms with van der Waals surface area (Å²) >= 11 is 0. The van der Waals surface area contributed by atoms with E-state index in [0.29, 0.717) is 0 Å². The third kappa shape index (κ3) is 2.75. The normalized spacial score (nSPS) is 15.4. The molecular formula is C12H11FN2O4. The second-order valence-electron chi connectivity index (χ2n) is 4.25. The van der Waals surface area contributed by atoms with Crippen molar-refractivity contribution in [3.63, 3.8) is 0 Å². The highest BCUT2D eigenvalue weighted by atomic mass is 19.1. The number of nitrogens with zero attached hydrogens (tertiary/aromatic N) is 2. The summed E-state index contributed by atoms with van der Waals surface area (Å²) in [5.41, 5.74) is -0.706. The molecule has 0 aromatic heterocycles. The molecule has 0 spiro atoms. The zero-order chi connectivity index (χ0) is 14.0. The quantitative estimate of drug-likeness (QED) is 0.600. The third-order valence-electron chi connectivity index (χ3n) is 2.99. The molecule has 1 aliphatic heterocycles. The number of nitro groups is 1. The summed E-state index contributed by atoms with van der Waals surface area (Å²) < 4.78 is 13.2. The Hall–Kier alpha value is -2.31. The fourth-order valence-electron chi connectivity index (χ4n) is 1.97. The highest BCUT2D eigenvalue weighted by molar-refractivity contribution is 5.99. The topological polar surface area (TPSA) is 80.5 Å². The van der Waals surface area contributed by atoms with E-state index in [-0.39, 0.29) is 37.3 Å². The van der Waals surface area contributed by atoms with Crippen molar-refractivity contribution in [3.05, 3.63) is 39.7 Å². The fraction of sp³-hybridized carbons (Fsp3) is 0.333. The van der Waals surface area contributed by atoms with Crippen LogP contribution in [0, 0.1) is 15.9 Å². The summed E-state index contributed by atoms with van der Waals surface area (Å²) in [5, 5.41) is 10.8. The summed E-state index contributed by atoms with van der Waals surface area (Å²) in [5.74, 6) is -1.27. The number of ketones is 1. The Kier molecular flexibility index (Phi) is 3.55. The van der Waals surface area contributed by atoms with Crippen LogP contribution in [0.1, 0.15) is 23.2 Å². The first-order chi connectivity index (χ1) is 8.99. The lowest BCUT2D eigenvalue weighted by molar-refractivity contribution is -0.385. The Morgan fingerprint density at radius 2 is 1.95 bits per heavy atom. The third-order valence-corrected chi connectivity index (χ3v) is 2.99. The maximum atomic E-state index is 13.2. The van der Waals surface area contributed by atoms with Gasteiger partial charge in [0.25, 0.3) is 11.6 Å². The second kappa shape index (κ2) is 5.13. The van der Waals surface area contributed by atoms with Crippen LogP contribution in [0.5, 0.6) is 0 Å². The highest BCUT2D eigenvalue weighted by Gasteiger charge is 2.27. The molecular weight excluding hydrogens is 255 g/mol. The van der Waals surface area contributed by atoms with Crippen LogP contribution in [-0.2, 0) is 4.79 Å². The van der Waals surface area contributed by atoms with E-state index < -0.39 is 22.3 Å². The summed E-state index contributed by atoms with van der Waals surface area (Å²) in [6.45, 7) is 0.427. The number of nitro benzene ring substituents is 1. The number of benzene rings is 1. The van der Waals surface area contributed by atoms with E-state index in [2.05, 4.69) is 0 Å². The number of carbonyl (C=O) groups excluding carboxylic acids is 2. The molecule has 1 fully saturated rings. The van der Waals surface area contributed by atoms with Gasteiger partial charge in [-0.3, -0.25) is 19.7 Å². The van der Waals surface area contributed by atoms with E-state index >= 15 is 0 Å². The number of piperidine rings is 1. The summed E-state index contributed by atoms with van der Waals surface area (Å²) in [6.07, 6.45) is 0.462.